The molecule has 112 valence electrons. The second-order valence-corrected chi connectivity index (χ2v) is 7.08. The fourth-order valence-electron chi connectivity index (χ4n) is 2.14. The van der Waals surface area contributed by atoms with Crippen molar-refractivity contribution in [1.82, 2.24) is 15.2 Å². The van der Waals surface area contributed by atoms with E-state index in [9.17, 15) is 8.42 Å². The zero-order chi connectivity index (χ0) is 15.6. The minimum Gasteiger partial charge on any atom is -0.262 e. The number of benzene rings is 2. The lowest BCUT2D eigenvalue weighted by Crippen LogP contribution is -1.96. The number of H-pyrrole nitrogens is 1. The summed E-state index contributed by atoms with van der Waals surface area (Å²) in [6.45, 7) is 0. The number of sulfone groups is 1. The van der Waals surface area contributed by atoms with Gasteiger partial charge in [-0.05, 0) is 29.8 Å². The molecule has 0 atom stereocenters. The highest BCUT2D eigenvalue weighted by molar-refractivity contribution is 7.90. The van der Waals surface area contributed by atoms with Crippen LogP contribution in [0.5, 0.6) is 0 Å². The molecule has 0 aliphatic rings. The van der Waals surface area contributed by atoms with E-state index in [0.717, 1.165) is 17.0 Å². The average Bonchev–Trinajstić information content (AvgIpc) is 2.96. The van der Waals surface area contributed by atoms with Crippen LogP contribution in [-0.2, 0) is 16.3 Å². The topological polar surface area (TPSA) is 75.7 Å². The van der Waals surface area contributed by atoms with Crippen LogP contribution in [0.25, 0.3) is 11.4 Å². The van der Waals surface area contributed by atoms with Gasteiger partial charge >= 0.3 is 0 Å². The second-order valence-electron chi connectivity index (χ2n) is 5.06. The van der Waals surface area contributed by atoms with Crippen LogP contribution >= 0.6 is 0 Å². The number of aromatic nitrogens is 3. The van der Waals surface area contributed by atoms with E-state index in [0.29, 0.717) is 12.2 Å². The van der Waals surface area contributed by atoms with Crippen LogP contribution in [-0.4, -0.2) is 29.9 Å². The van der Waals surface area contributed by atoms with Crippen LogP contribution in [0.2, 0.25) is 0 Å². The number of rotatable bonds is 4. The highest BCUT2D eigenvalue weighted by Crippen LogP contribution is 2.18. The highest BCUT2D eigenvalue weighted by atomic mass is 32.2. The molecule has 3 rings (SSSR count). The smallest absolute Gasteiger partial charge is 0.181 e. The van der Waals surface area contributed by atoms with Crippen molar-refractivity contribution in [2.45, 2.75) is 11.3 Å². The molecule has 1 aromatic heterocycles. The average molecular weight is 313 g/mol. The SMILES string of the molecule is CS(=O)(=O)c1ccc(-c2n[nH]c(Cc3ccccc3)n2)cc1. The van der Waals surface area contributed by atoms with Gasteiger partial charge in [-0.15, -0.1) is 0 Å². The minimum absolute atomic E-state index is 0.288. The molecule has 3 aromatic rings. The van der Waals surface area contributed by atoms with Crippen molar-refractivity contribution in [2.75, 3.05) is 6.26 Å². The monoisotopic (exact) mass is 313 g/mol. The third-order valence-corrected chi connectivity index (χ3v) is 4.42. The van der Waals surface area contributed by atoms with Gasteiger partial charge in [-0.25, -0.2) is 13.4 Å². The lowest BCUT2D eigenvalue weighted by molar-refractivity contribution is 0.602. The third-order valence-electron chi connectivity index (χ3n) is 3.29. The number of hydrogen-bond donors (Lipinski definition) is 1. The first-order chi connectivity index (χ1) is 10.5. The summed E-state index contributed by atoms with van der Waals surface area (Å²) < 4.78 is 22.9. The zero-order valence-electron chi connectivity index (χ0n) is 12.0. The van der Waals surface area contributed by atoms with Crippen molar-refractivity contribution in [1.29, 1.82) is 0 Å². The first-order valence-electron chi connectivity index (χ1n) is 6.78. The molecular weight excluding hydrogens is 298 g/mol. The van der Waals surface area contributed by atoms with Gasteiger partial charge in [0, 0.05) is 18.2 Å². The Labute approximate surface area is 129 Å². The molecule has 0 unspecified atom stereocenters. The van der Waals surface area contributed by atoms with Gasteiger partial charge in [0.2, 0.25) is 0 Å². The quantitative estimate of drug-likeness (QED) is 0.803. The summed E-state index contributed by atoms with van der Waals surface area (Å²) >= 11 is 0. The number of nitrogens with one attached hydrogen (secondary N) is 1. The lowest BCUT2D eigenvalue weighted by Gasteiger charge is -1.99. The molecule has 0 saturated heterocycles. The molecule has 2 aromatic carbocycles. The Balaban J connectivity index is 1.82. The summed E-state index contributed by atoms with van der Waals surface area (Å²) in [6, 6.07) is 16.6. The summed E-state index contributed by atoms with van der Waals surface area (Å²) in [5, 5.41) is 7.11. The van der Waals surface area contributed by atoms with Crippen LogP contribution in [0.15, 0.2) is 59.5 Å². The predicted molar refractivity (Wildman–Crippen MR) is 84.2 cm³/mol. The Bertz CT molecular complexity index is 869. The molecule has 0 amide bonds. The maximum absolute atomic E-state index is 11.5. The van der Waals surface area contributed by atoms with Crippen molar-refractivity contribution in [3.8, 4) is 11.4 Å². The molecular formula is C16H15N3O2S. The molecule has 0 fully saturated rings. The summed E-state index contributed by atoms with van der Waals surface area (Å²) in [5.74, 6) is 1.33. The van der Waals surface area contributed by atoms with Crippen LogP contribution in [0.4, 0.5) is 0 Å². The largest absolute Gasteiger partial charge is 0.262 e. The molecule has 0 radical (unpaired) electrons. The Morgan fingerprint density at radius 2 is 1.68 bits per heavy atom. The summed E-state index contributed by atoms with van der Waals surface area (Å²) in [5.41, 5.74) is 1.93. The lowest BCUT2D eigenvalue weighted by atomic mass is 10.1. The van der Waals surface area contributed by atoms with E-state index in [1.54, 1.807) is 24.3 Å². The van der Waals surface area contributed by atoms with Gasteiger partial charge in [0.25, 0.3) is 0 Å². The Morgan fingerprint density at radius 3 is 2.32 bits per heavy atom. The molecule has 1 N–H and O–H groups in total. The van der Waals surface area contributed by atoms with Crippen LogP contribution in [0.1, 0.15) is 11.4 Å². The van der Waals surface area contributed by atoms with Gasteiger partial charge in [-0.1, -0.05) is 30.3 Å². The first kappa shape index (κ1) is 14.5. The minimum atomic E-state index is -3.19. The molecule has 6 heteroatoms. The van der Waals surface area contributed by atoms with Crippen molar-refractivity contribution in [3.05, 3.63) is 66.0 Å². The summed E-state index contributed by atoms with van der Waals surface area (Å²) in [4.78, 5) is 4.74. The van der Waals surface area contributed by atoms with Gasteiger partial charge in [0.15, 0.2) is 15.7 Å². The third kappa shape index (κ3) is 3.23. The van der Waals surface area contributed by atoms with Crippen LogP contribution < -0.4 is 0 Å². The molecule has 0 aliphatic heterocycles. The van der Waals surface area contributed by atoms with Crippen molar-refractivity contribution in [2.24, 2.45) is 0 Å². The number of nitrogens with zero attached hydrogens (tertiary/aromatic N) is 2. The van der Waals surface area contributed by atoms with Crippen molar-refractivity contribution < 1.29 is 8.42 Å². The van der Waals surface area contributed by atoms with Gasteiger partial charge in [0.05, 0.1) is 4.90 Å². The Kier molecular flexibility index (Phi) is 3.77. The maximum Gasteiger partial charge on any atom is 0.181 e. The van der Waals surface area contributed by atoms with Gasteiger partial charge in [-0.3, -0.25) is 5.10 Å². The van der Waals surface area contributed by atoms with Gasteiger partial charge < -0.3 is 0 Å². The second kappa shape index (κ2) is 5.73. The zero-order valence-corrected chi connectivity index (χ0v) is 12.8. The van der Waals surface area contributed by atoms with E-state index in [4.69, 9.17) is 0 Å². The Hall–Kier alpha value is -2.47. The molecule has 0 aliphatic carbocycles. The maximum atomic E-state index is 11.5. The molecule has 0 saturated carbocycles. The van der Waals surface area contributed by atoms with E-state index < -0.39 is 9.84 Å². The first-order valence-corrected chi connectivity index (χ1v) is 8.67. The Morgan fingerprint density at radius 1 is 1.00 bits per heavy atom. The fourth-order valence-corrected chi connectivity index (χ4v) is 2.77. The van der Waals surface area contributed by atoms with E-state index >= 15 is 0 Å². The van der Waals surface area contributed by atoms with E-state index in [1.807, 2.05) is 30.3 Å². The standard InChI is InChI=1S/C16H15N3O2S/c1-22(20,21)14-9-7-13(8-10-14)16-17-15(18-19-16)11-12-5-3-2-4-6-12/h2-10H,11H2,1H3,(H,17,18,19). The molecule has 0 spiro atoms. The van der Waals surface area contributed by atoms with Crippen LogP contribution in [0.3, 0.4) is 0 Å². The molecule has 22 heavy (non-hydrogen) atoms. The van der Waals surface area contributed by atoms with E-state index in [-0.39, 0.29) is 4.90 Å². The molecule has 1 heterocycles. The van der Waals surface area contributed by atoms with Crippen molar-refractivity contribution in [3.63, 3.8) is 0 Å². The van der Waals surface area contributed by atoms with Crippen molar-refractivity contribution >= 4 is 9.84 Å². The summed E-state index contributed by atoms with van der Waals surface area (Å²) in [7, 11) is -3.19. The number of hydrogen-bond acceptors (Lipinski definition) is 4. The van der Waals surface area contributed by atoms with Crippen LogP contribution in [0, 0.1) is 0 Å². The molecule has 0 bridgehead atoms. The summed E-state index contributed by atoms with van der Waals surface area (Å²) in [6.07, 6.45) is 1.86. The van der Waals surface area contributed by atoms with Gasteiger partial charge in [-0.2, -0.15) is 5.10 Å². The predicted octanol–water partition coefficient (Wildman–Crippen LogP) is 2.47. The van der Waals surface area contributed by atoms with Gasteiger partial charge in [0.1, 0.15) is 5.82 Å². The normalized spacial score (nSPS) is 11.5. The molecule has 5 nitrogen and oxygen atoms in total. The number of aromatic amines is 1. The van der Waals surface area contributed by atoms with E-state index in [2.05, 4.69) is 15.2 Å². The van der Waals surface area contributed by atoms with E-state index in [1.165, 1.54) is 6.26 Å². The fraction of sp³-hybridized carbons (Fsp3) is 0.125. The highest BCUT2D eigenvalue weighted by Gasteiger charge is 2.10.